The molecule has 3 amide bonds. The number of rotatable bonds is 7. The van der Waals surface area contributed by atoms with Gasteiger partial charge in [0.25, 0.3) is 0 Å². The number of nitrogens with one attached hydrogen (secondary N) is 1. The van der Waals surface area contributed by atoms with Crippen LogP contribution in [0, 0.1) is 0 Å². The second-order valence-corrected chi connectivity index (χ2v) is 9.34. The van der Waals surface area contributed by atoms with Gasteiger partial charge in [0.2, 0.25) is 17.7 Å². The van der Waals surface area contributed by atoms with Crippen molar-refractivity contribution in [2.45, 2.75) is 44.3 Å². The molecule has 0 bridgehead atoms. The van der Waals surface area contributed by atoms with Crippen LogP contribution in [-0.2, 0) is 32.8 Å². The van der Waals surface area contributed by atoms with E-state index in [0.29, 0.717) is 44.0 Å². The molecule has 1 atom stereocenters. The first-order chi connectivity index (χ1) is 17.5. The highest BCUT2D eigenvalue weighted by atomic mass is 16.5. The molecule has 2 fully saturated rings. The van der Waals surface area contributed by atoms with E-state index in [4.69, 9.17) is 9.47 Å². The standard InChI is InChI=1S/C27H30N4O5/c1-30-26-20(25(29-30)21-10-11-23(32)28-27(21)34)8-5-9-22(26)36-19-12-14-31(15-13-19)24(33)17-35-16-18-6-3-2-4-7-18/h2-9,19,21H,10-17H2,1H3,(H,28,32,34). The normalized spacial score (nSPS) is 18.9. The lowest BCUT2D eigenvalue weighted by atomic mass is 9.93. The van der Waals surface area contributed by atoms with Gasteiger partial charge in [0.05, 0.1) is 18.2 Å². The SMILES string of the molecule is Cn1nc(C2CCC(=O)NC2=O)c2cccc(OC3CCN(C(=O)COCc4ccccc4)CC3)c21. The molecular weight excluding hydrogens is 460 g/mol. The summed E-state index contributed by atoms with van der Waals surface area (Å²) in [5.74, 6) is -0.306. The maximum absolute atomic E-state index is 12.6. The highest BCUT2D eigenvalue weighted by molar-refractivity contribution is 6.03. The van der Waals surface area contributed by atoms with E-state index in [0.717, 1.165) is 29.3 Å². The van der Waals surface area contributed by atoms with Crippen LogP contribution in [0.2, 0.25) is 0 Å². The molecular formula is C27H30N4O5. The van der Waals surface area contributed by atoms with E-state index in [9.17, 15) is 14.4 Å². The Morgan fingerprint density at radius 3 is 2.58 bits per heavy atom. The number of benzene rings is 2. The number of carbonyl (C=O) groups is 3. The van der Waals surface area contributed by atoms with E-state index in [1.165, 1.54) is 0 Å². The summed E-state index contributed by atoms with van der Waals surface area (Å²) in [6.07, 6.45) is 2.17. The topological polar surface area (TPSA) is 103 Å². The Kier molecular flexibility index (Phi) is 6.99. The third-order valence-corrected chi connectivity index (χ3v) is 6.85. The highest BCUT2D eigenvalue weighted by Crippen LogP contribution is 2.35. The van der Waals surface area contributed by atoms with Crippen molar-refractivity contribution in [2.75, 3.05) is 19.7 Å². The Morgan fingerprint density at radius 2 is 1.83 bits per heavy atom. The number of imide groups is 1. The molecule has 2 saturated heterocycles. The molecule has 9 nitrogen and oxygen atoms in total. The number of nitrogens with zero attached hydrogens (tertiary/aromatic N) is 3. The van der Waals surface area contributed by atoms with Crippen molar-refractivity contribution in [3.63, 3.8) is 0 Å². The summed E-state index contributed by atoms with van der Waals surface area (Å²) >= 11 is 0. The quantitative estimate of drug-likeness (QED) is 0.511. The van der Waals surface area contributed by atoms with Crippen LogP contribution in [0.25, 0.3) is 10.9 Å². The number of carbonyl (C=O) groups excluding carboxylic acids is 3. The molecule has 0 radical (unpaired) electrons. The van der Waals surface area contributed by atoms with Gasteiger partial charge in [-0.15, -0.1) is 0 Å². The molecule has 0 spiro atoms. The summed E-state index contributed by atoms with van der Waals surface area (Å²) in [7, 11) is 1.83. The first-order valence-electron chi connectivity index (χ1n) is 12.3. The summed E-state index contributed by atoms with van der Waals surface area (Å²) in [6, 6.07) is 15.6. The smallest absolute Gasteiger partial charge is 0.248 e. The van der Waals surface area contributed by atoms with Crippen LogP contribution >= 0.6 is 0 Å². The Hall–Kier alpha value is -3.72. The van der Waals surface area contributed by atoms with Gasteiger partial charge in [-0.25, -0.2) is 0 Å². The Bertz CT molecular complexity index is 1260. The summed E-state index contributed by atoms with van der Waals surface area (Å²) in [6.45, 7) is 1.71. The van der Waals surface area contributed by atoms with E-state index in [2.05, 4.69) is 10.4 Å². The lowest BCUT2D eigenvalue weighted by Crippen LogP contribution is -2.43. The van der Waals surface area contributed by atoms with Crippen molar-refractivity contribution in [2.24, 2.45) is 7.05 Å². The molecule has 1 aromatic heterocycles. The van der Waals surface area contributed by atoms with Crippen molar-refractivity contribution in [3.05, 3.63) is 59.8 Å². The van der Waals surface area contributed by atoms with E-state index in [-0.39, 0.29) is 30.4 Å². The molecule has 2 aliphatic rings. The van der Waals surface area contributed by atoms with Crippen molar-refractivity contribution >= 4 is 28.6 Å². The predicted octanol–water partition coefficient (Wildman–Crippen LogP) is 2.68. The zero-order valence-electron chi connectivity index (χ0n) is 20.3. The number of fused-ring (bicyclic) bond motifs is 1. The van der Waals surface area contributed by atoms with Gasteiger partial charge in [0.1, 0.15) is 24.0 Å². The fourth-order valence-corrected chi connectivity index (χ4v) is 4.96. The van der Waals surface area contributed by atoms with Gasteiger partial charge >= 0.3 is 0 Å². The molecule has 0 aliphatic carbocycles. The summed E-state index contributed by atoms with van der Waals surface area (Å²) in [5, 5.41) is 7.90. The number of aryl methyl sites for hydroxylation is 1. The maximum atomic E-state index is 12.6. The molecule has 2 aromatic carbocycles. The lowest BCUT2D eigenvalue weighted by molar-refractivity contribution is -0.138. The highest BCUT2D eigenvalue weighted by Gasteiger charge is 2.32. The van der Waals surface area contributed by atoms with Crippen molar-refractivity contribution < 1.29 is 23.9 Å². The number of aromatic nitrogens is 2. The van der Waals surface area contributed by atoms with E-state index in [1.54, 1.807) is 4.68 Å². The number of piperidine rings is 2. The largest absolute Gasteiger partial charge is 0.488 e. The molecule has 1 unspecified atom stereocenters. The molecule has 2 aliphatic heterocycles. The van der Waals surface area contributed by atoms with Gasteiger partial charge in [-0.2, -0.15) is 5.10 Å². The van der Waals surface area contributed by atoms with Crippen LogP contribution < -0.4 is 10.1 Å². The summed E-state index contributed by atoms with van der Waals surface area (Å²) in [4.78, 5) is 38.4. The average molecular weight is 491 g/mol. The Balaban J connectivity index is 1.19. The number of amides is 3. The Labute approximate surface area is 209 Å². The van der Waals surface area contributed by atoms with Crippen LogP contribution in [-0.4, -0.2) is 58.2 Å². The van der Waals surface area contributed by atoms with Gasteiger partial charge in [-0.05, 0) is 18.1 Å². The van der Waals surface area contributed by atoms with Crippen LogP contribution in [0.1, 0.15) is 42.9 Å². The zero-order chi connectivity index (χ0) is 25.1. The van der Waals surface area contributed by atoms with E-state index >= 15 is 0 Å². The molecule has 9 heteroatoms. The summed E-state index contributed by atoms with van der Waals surface area (Å²) in [5.41, 5.74) is 2.53. The number of ether oxygens (including phenoxy) is 2. The monoisotopic (exact) mass is 490 g/mol. The minimum atomic E-state index is -0.458. The zero-order valence-corrected chi connectivity index (χ0v) is 20.3. The fourth-order valence-electron chi connectivity index (χ4n) is 4.96. The molecule has 36 heavy (non-hydrogen) atoms. The molecule has 188 valence electrons. The molecule has 0 saturated carbocycles. The second kappa shape index (κ2) is 10.5. The summed E-state index contributed by atoms with van der Waals surface area (Å²) < 4.78 is 13.7. The van der Waals surface area contributed by atoms with Crippen LogP contribution in [0.5, 0.6) is 5.75 Å². The van der Waals surface area contributed by atoms with Crippen molar-refractivity contribution in [3.8, 4) is 5.75 Å². The molecule has 5 rings (SSSR count). The fraction of sp³-hybridized carbons (Fsp3) is 0.407. The van der Waals surface area contributed by atoms with Gasteiger partial charge in [0, 0.05) is 44.8 Å². The number of hydrogen-bond donors (Lipinski definition) is 1. The van der Waals surface area contributed by atoms with Crippen LogP contribution in [0.3, 0.4) is 0 Å². The number of para-hydroxylation sites is 1. The number of likely N-dealkylation sites (tertiary alicyclic amines) is 1. The average Bonchev–Trinajstić information content (AvgIpc) is 3.22. The van der Waals surface area contributed by atoms with Gasteiger partial charge in [-0.1, -0.05) is 42.5 Å². The van der Waals surface area contributed by atoms with Gasteiger partial charge < -0.3 is 14.4 Å². The van der Waals surface area contributed by atoms with Gasteiger partial charge in [-0.3, -0.25) is 24.4 Å². The van der Waals surface area contributed by atoms with E-state index < -0.39 is 5.92 Å². The van der Waals surface area contributed by atoms with Crippen molar-refractivity contribution in [1.82, 2.24) is 20.0 Å². The third kappa shape index (κ3) is 5.11. The lowest BCUT2D eigenvalue weighted by Gasteiger charge is -2.32. The van der Waals surface area contributed by atoms with Crippen molar-refractivity contribution in [1.29, 1.82) is 0 Å². The maximum Gasteiger partial charge on any atom is 0.248 e. The van der Waals surface area contributed by atoms with Crippen LogP contribution in [0.4, 0.5) is 0 Å². The van der Waals surface area contributed by atoms with Crippen LogP contribution in [0.15, 0.2) is 48.5 Å². The molecule has 3 heterocycles. The number of hydrogen-bond acceptors (Lipinski definition) is 6. The second-order valence-electron chi connectivity index (χ2n) is 9.34. The Morgan fingerprint density at radius 1 is 1.06 bits per heavy atom. The minimum Gasteiger partial charge on any atom is -0.488 e. The van der Waals surface area contributed by atoms with E-state index in [1.807, 2.05) is 60.5 Å². The van der Waals surface area contributed by atoms with Gasteiger partial charge in [0.15, 0.2) is 0 Å². The first kappa shape index (κ1) is 24.0. The third-order valence-electron chi connectivity index (χ3n) is 6.85. The minimum absolute atomic E-state index is 0.00741. The molecule has 3 aromatic rings. The molecule has 1 N–H and O–H groups in total. The predicted molar refractivity (Wildman–Crippen MR) is 132 cm³/mol. The first-order valence-corrected chi connectivity index (χ1v) is 12.3.